The number of benzene rings is 2. The molecule has 0 fully saturated rings. The standard InChI is InChI=1S/C27H49N.C6H4ClNO5S/c1-4-5-6-7-8-9-10-11-12-13-14-15-16-20-23-26(27(2,3)28)24-25-21-18-17-19-22-25;7-5-2-1-4(14(11,12)13)3-6(5)8(9)10/h17-19,21-22,26H,4-16,20,23-24,28H2,1-3H3;1-3H,(H,11,12,13). The van der Waals surface area contributed by atoms with Crippen LogP contribution in [-0.4, -0.2) is 23.4 Å². The summed E-state index contributed by atoms with van der Waals surface area (Å²) in [7, 11) is -4.44. The summed E-state index contributed by atoms with van der Waals surface area (Å²) in [5.74, 6) is 0.576. The summed E-state index contributed by atoms with van der Waals surface area (Å²) >= 11 is 5.42. The molecule has 2 aromatic carbocycles. The first-order valence-corrected chi connectivity index (χ1v) is 17.4. The van der Waals surface area contributed by atoms with Crippen LogP contribution in [0.2, 0.25) is 5.02 Å². The Morgan fingerprint density at radius 1 is 0.857 bits per heavy atom. The van der Waals surface area contributed by atoms with Gasteiger partial charge < -0.3 is 5.73 Å². The molecule has 3 N–H and O–H groups in total. The van der Waals surface area contributed by atoms with E-state index in [-0.39, 0.29) is 10.6 Å². The molecule has 0 aliphatic heterocycles. The number of unbranched alkanes of at least 4 members (excludes halogenated alkanes) is 13. The third kappa shape index (κ3) is 17.2. The molecular weight excluding hydrogens is 572 g/mol. The van der Waals surface area contributed by atoms with Gasteiger partial charge in [-0.2, -0.15) is 8.42 Å². The summed E-state index contributed by atoms with van der Waals surface area (Å²) < 4.78 is 29.8. The number of nitro groups is 1. The molecule has 0 saturated heterocycles. The molecular formula is C33H53ClN2O5S. The van der Waals surface area contributed by atoms with E-state index in [0.717, 1.165) is 18.6 Å². The Hall–Kier alpha value is -2.00. The van der Waals surface area contributed by atoms with E-state index >= 15 is 0 Å². The van der Waals surface area contributed by atoms with Crippen LogP contribution >= 0.6 is 11.6 Å². The zero-order chi connectivity index (χ0) is 31.4. The van der Waals surface area contributed by atoms with Gasteiger partial charge in [-0.05, 0) is 50.3 Å². The minimum Gasteiger partial charge on any atom is -0.325 e. The minimum atomic E-state index is -4.44. The molecule has 238 valence electrons. The van der Waals surface area contributed by atoms with Gasteiger partial charge in [0.2, 0.25) is 0 Å². The van der Waals surface area contributed by atoms with Crippen molar-refractivity contribution >= 4 is 27.4 Å². The van der Waals surface area contributed by atoms with E-state index in [0.29, 0.717) is 12.0 Å². The van der Waals surface area contributed by atoms with Crippen molar-refractivity contribution in [3.63, 3.8) is 0 Å². The molecule has 0 aliphatic carbocycles. The lowest BCUT2D eigenvalue weighted by atomic mass is 9.80. The van der Waals surface area contributed by atoms with Crippen LogP contribution < -0.4 is 5.73 Å². The van der Waals surface area contributed by atoms with Gasteiger partial charge in [0.05, 0.1) is 4.92 Å². The van der Waals surface area contributed by atoms with Crippen molar-refractivity contribution in [3.8, 4) is 0 Å². The van der Waals surface area contributed by atoms with E-state index in [9.17, 15) is 18.5 Å². The number of nitrogens with zero attached hydrogens (tertiary/aromatic N) is 1. The second kappa shape index (κ2) is 20.8. The Bertz CT molecular complexity index is 1120. The van der Waals surface area contributed by atoms with E-state index in [1.165, 1.54) is 102 Å². The maximum absolute atomic E-state index is 10.6. The summed E-state index contributed by atoms with van der Waals surface area (Å²) in [6.45, 7) is 6.69. The van der Waals surface area contributed by atoms with Crippen molar-refractivity contribution in [2.75, 3.05) is 0 Å². The van der Waals surface area contributed by atoms with Gasteiger partial charge in [0.15, 0.2) is 0 Å². The van der Waals surface area contributed by atoms with Crippen molar-refractivity contribution in [1.82, 2.24) is 0 Å². The van der Waals surface area contributed by atoms with Crippen molar-refractivity contribution in [2.45, 2.75) is 134 Å². The third-order valence-corrected chi connectivity index (χ3v) is 8.86. The molecule has 0 radical (unpaired) electrons. The monoisotopic (exact) mass is 624 g/mol. The number of hydrogen-bond donors (Lipinski definition) is 2. The second-order valence-corrected chi connectivity index (χ2v) is 13.8. The fourth-order valence-corrected chi connectivity index (χ4v) is 5.70. The maximum atomic E-state index is 10.6. The number of hydrogen-bond acceptors (Lipinski definition) is 5. The van der Waals surface area contributed by atoms with Crippen molar-refractivity contribution < 1.29 is 17.9 Å². The molecule has 7 nitrogen and oxygen atoms in total. The highest BCUT2D eigenvalue weighted by atomic mass is 35.5. The predicted molar refractivity (Wildman–Crippen MR) is 175 cm³/mol. The molecule has 9 heteroatoms. The normalized spacial score (nSPS) is 12.4. The van der Waals surface area contributed by atoms with Gasteiger partial charge in [0.25, 0.3) is 15.8 Å². The molecule has 2 aromatic rings. The number of nitrogens with two attached hydrogens (primary N) is 1. The quantitative estimate of drug-likeness (QED) is 0.0653. The molecule has 0 bridgehead atoms. The minimum absolute atomic E-state index is 0.0909. The van der Waals surface area contributed by atoms with Gasteiger partial charge >= 0.3 is 0 Å². The molecule has 0 saturated carbocycles. The Balaban J connectivity index is 0.000000525. The topological polar surface area (TPSA) is 124 Å². The SMILES string of the molecule is CCCCCCCCCCCCCCCCC(Cc1ccccc1)C(C)(C)N.O=[N+]([O-])c1cc(S(=O)(=O)O)ccc1Cl. The Labute approximate surface area is 259 Å². The zero-order valence-electron chi connectivity index (χ0n) is 25.9. The molecule has 1 unspecified atom stereocenters. The van der Waals surface area contributed by atoms with E-state index in [1.54, 1.807) is 0 Å². The molecule has 0 aliphatic rings. The first-order chi connectivity index (χ1) is 19.9. The number of rotatable bonds is 20. The van der Waals surface area contributed by atoms with Crippen LogP contribution in [0.1, 0.15) is 123 Å². The average Bonchev–Trinajstić information content (AvgIpc) is 2.92. The summed E-state index contributed by atoms with van der Waals surface area (Å²) in [5.41, 5.74) is 7.25. The highest BCUT2D eigenvalue weighted by Crippen LogP contribution is 2.27. The van der Waals surface area contributed by atoms with Gasteiger partial charge in [-0.15, -0.1) is 0 Å². The highest BCUT2D eigenvalue weighted by molar-refractivity contribution is 7.85. The average molecular weight is 625 g/mol. The summed E-state index contributed by atoms with van der Waals surface area (Å²) in [4.78, 5) is 8.95. The summed E-state index contributed by atoms with van der Waals surface area (Å²) in [6.07, 6.45) is 22.3. The van der Waals surface area contributed by atoms with Gasteiger partial charge in [0.1, 0.15) is 9.92 Å². The molecule has 0 amide bonds. The Morgan fingerprint density at radius 2 is 1.33 bits per heavy atom. The first kappa shape index (κ1) is 38.0. The smallest absolute Gasteiger partial charge is 0.294 e. The zero-order valence-corrected chi connectivity index (χ0v) is 27.5. The van der Waals surface area contributed by atoms with E-state index < -0.39 is 25.6 Å². The van der Waals surface area contributed by atoms with Crippen molar-refractivity contribution in [3.05, 3.63) is 69.2 Å². The Morgan fingerprint density at radius 3 is 1.76 bits per heavy atom. The first-order valence-electron chi connectivity index (χ1n) is 15.6. The second-order valence-electron chi connectivity index (χ2n) is 11.9. The fourth-order valence-electron chi connectivity index (χ4n) is 5.01. The predicted octanol–water partition coefficient (Wildman–Crippen LogP) is 9.95. The lowest BCUT2D eigenvalue weighted by molar-refractivity contribution is -0.384. The fraction of sp³-hybridized carbons (Fsp3) is 0.636. The summed E-state index contributed by atoms with van der Waals surface area (Å²) in [5, 5.41) is 10.2. The van der Waals surface area contributed by atoms with Crippen molar-refractivity contribution in [2.24, 2.45) is 11.7 Å². The van der Waals surface area contributed by atoms with Crippen LogP contribution in [-0.2, 0) is 16.5 Å². The van der Waals surface area contributed by atoms with E-state index in [4.69, 9.17) is 21.9 Å². The van der Waals surface area contributed by atoms with E-state index in [1.807, 2.05) is 0 Å². The highest BCUT2D eigenvalue weighted by Gasteiger charge is 2.24. The lowest BCUT2D eigenvalue weighted by Crippen LogP contribution is -2.42. The number of halogens is 1. The molecule has 0 heterocycles. The van der Waals surface area contributed by atoms with Crippen LogP contribution in [0.5, 0.6) is 0 Å². The van der Waals surface area contributed by atoms with Crippen LogP contribution in [0.25, 0.3) is 0 Å². The maximum Gasteiger partial charge on any atom is 0.294 e. The van der Waals surface area contributed by atoms with Crippen LogP contribution in [0.4, 0.5) is 5.69 Å². The molecule has 42 heavy (non-hydrogen) atoms. The van der Waals surface area contributed by atoms with Crippen LogP contribution in [0, 0.1) is 16.0 Å². The van der Waals surface area contributed by atoms with Crippen molar-refractivity contribution in [1.29, 1.82) is 0 Å². The molecule has 2 rings (SSSR count). The molecule has 1 atom stereocenters. The summed E-state index contributed by atoms with van der Waals surface area (Å²) in [6, 6.07) is 13.6. The van der Waals surface area contributed by atoms with Crippen LogP contribution in [0.3, 0.4) is 0 Å². The third-order valence-electron chi connectivity index (χ3n) is 7.70. The van der Waals surface area contributed by atoms with Gasteiger partial charge in [-0.1, -0.05) is 139 Å². The van der Waals surface area contributed by atoms with Gasteiger partial charge in [0, 0.05) is 11.6 Å². The van der Waals surface area contributed by atoms with Crippen LogP contribution in [0.15, 0.2) is 53.4 Å². The lowest BCUT2D eigenvalue weighted by Gasteiger charge is -2.31. The molecule has 0 aromatic heterocycles. The largest absolute Gasteiger partial charge is 0.325 e. The van der Waals surface area contributed by atoms with Gasteiger partial charge in [-0.25, -0.2) is 0 Å². The number of nitro benzene ring substituents is 1. The Kier molecular flexibility index (Phi) is 18.9. The van der Waals surface area contributed by atoms with Gasteiger partial charge in [-0.3, -0.25) is 14.7 Å². The van der Waals surface area contributed by atoms with E-state index in [2.05, 4.69) is 51.1 Å². The molecule has 0 spiro atoms.